The summed E-state index contributed by atoms with van der Waals surface area (Å²) in [5.41, 5.74) is 3.81. The molecule has 27 heavy (non-hydrogen) atoms. The third-order valence-electron chi connectivity index (χ3n) is 4.44. The van der Waals surface area contributed by atoms with Gasteiger partial charge in [0.05, 0.1) is 16.0 Å². The van der Waals surface area contributed by atoms with Crippen LogP contribution < -0.4 is 5.43 Å². The zero-order valence-electron chi connectivity index (χ0n) is 14.5. The monoisotopic (exact) mass is 450 g/mol. The van der Waals surface area contributed by atoms with Crippen LogP contribution >= 0.6 is 27.3 Å². The van der Waals surface area contributed by atoms with Crippen molar-refractivity contribution in [2.75, 3.05) is 13.1 Å². The predicted octanol–water partition coefficient (Wildman–Crippen LogP) is 3.78. The summed E-state index contributed by atoms with van der Waals surface area (Å²) in [5, 5.41) is 14.6. The third-order valence-corrected chi connectivity index (χ3v) is 5.94. The molecule has 0 atom stereocenters. The molecule has 0 aliphatic carbocycles. The van der Waals surface area contributed by atoms with Crippen molar-refractivity contribution in [3.05, 3.63) is 61.4 Å². The molecule has 142 valence electrons. The van der Waals surface area contributed by atoms with Crippen LogP contribution in [0, 0.1) is 16.0 Å². The molecule has 1 aromatic heterocycles. The lowest BCUT2D eigenvalue weighted by Gasteiger charge is -2.30. The van der Waals surface area contributed by atoms with Crippen molar-refractivity contribution in [3.63, 3.8) is 0 Å². The molecule has 1 amide bonds. The number of likely N-dealkylation sites (tertiary alicyclic amines) is 1. The van der Waals surface area contributed by atoms with Crippen LogP contribution in [0.3, 0.4) is 0 Å². The molecular formula is C18H19BrN4O3S. The van der Waals surface area contributed by atoms with Crippen LogP contribution in [0.25, 0.3) is 0 Å². The number of benzene rings is 1. The van der Waals surface area contributed by atoms with E-state index in [2.05, 4.69) is 43.5 Å². The van der Waals surface area contributed by atoms with Crippen molar-refractivity contribution in [3.8, 4) is 0 Å². The number of thiophene rings is 1. The maximum absolute atomic E-state index is 12.3. The Labute approximate surface area is 169 Å². The second-order valence-corrected chi connectivity index (χ2v) is 8.35. The SMILES string of the molecule is O=C(NN=Cc1ccc([N+](=O)[O-])s1)C1CCN(Cc2ccc(Br)cc2)CC1. The van der Waals surface area contributed by atoms with Crippen LogP contribution in [-0.2, 0) is 11.3 Å². The summed E-state index contributed by atoms with van der Waals surface area (Å²) >= 11 is 4.46. The number of nitro groups is 1. The number of hydrogen-bond donors (Lipinski definition) is 1. The number of amides is 1. The molecule has 1 aliphatic heterocycles. The minimum atomic E-state index is -0.442. The molecule has 0 bridgehead atoms. The minimum Gasteiger partial charge on any atom is -0.299 e. The first-order valence-corrected chi connectivity index (χ1v) is 10.2. The number of hydrogen-bond acceptors (Lipinski definition) is 6. The molecule has 1 N–H and O–H groups in total. The summed E-state index contributed by atoms with van der Waals surface area (Å²) < 4.78 is 1.07. The van der Waals surface area contributed by atoms with Gasteiger partial charge in [-0.3, -0.25) is 19.8 Å². The fourth-order valence-electron chi connectivity index (χ4n) is 2.96. The van der Waals surface area contributed by atoms with E-state index in [1.54, 1.807) is 6.07 Å². The Balaban J connectivity index is 1.43. The van der Waals surface area contributed by atoms with Crippen LogP contribution in [0.5, 0.6) is 0 Å². The zero-order chi connectivity index (χ0) is 19.2. The molecule has 9 heteroatoms. The molecule has 1 aromatic carbocycles. The lowest BCUT2D eigenvalue weighted by atomic mass is 9.96. The smallest absolute Gasteiger partial charge is 0.299 e. The standard InChI is InChI=1S/C18H19BrN4O3S/c19-15-3-1-13(2-4-15)12-22-9-7-14(8-10-22)18(24)21-20-11-16-5-6-17(27-16)23(25)26/h1-6,11,14H,7-10,12H2,(H,21,24). The van der Waals surface area contributed by atoms with Crippen molar-refractivity contribution < 1.29 is 9.72 Å². The van der Waals surface area contributed by atoms with E-state index in [0.717, 1.165) is 48.3 Å². The largest absolute Gasteiger partial charge is 0.324 e. The van der Waals surface area contributed by atoms with Gasteiger partial charge in [0.15, 0.2) is 0 Å². The summed E-state index contributed by atoms with van der Waals surface area (Å²) in [6.07, 6.45) is 3.03. The van der Waals surface area contributed by atoms with E-state index in [4.69, 9.17) is 0 Å². The summed E-state index contributed by atoms with van der Waals surface area (Å²) in [7, 11) is 0. The first-order valence-electron chi connectivity index (χ1n) is 8.55. The normalized spacial score (nSPS) is 15.9. The Bertz CT molecular complexity index is 829. The number of piperidine rings is 1. The Hall–Kier alpha value is -2.10. The number of halogens is 1. The number of hydrazone groups is 1. The van der Waals surface area contributed by atoms with Gasteiger partial charge in [0, 0.05) is 23.0 Å². The molecule has 1 aliphatic rings. The second-order valence-electron chi connectivity index (χ2n) is 6.34. The van der Waals surface area contributed by atoms with Gasteiger partial charge >= 0.3 is 5.00 Å². The van der Waals surface area contributed by atoms with E-state index < -0.39 is 4.92 Å². The number of nitrogens with one attached hydrogen (secondary N) is 1. The van der Waals surface area contributed by atoms with Crippen molar-refractivity contribution in [2.24, 2.45) is 11.0 Å². The van der Waals surface area contributed by atoms with Crippen LogP contribution in [0.2, 0.25) is 0 Å². The van der Waals surface area contributed by atoms with E-state index in [0.29, 0.717) is 4.88 Å². The van der Waals surface area contributed by atoms with Gasteiger partial charge in [0.1, 0.15) is 0 Å². The Kier molecular flexibility index (Phi) is 6.70. The highest BCUT2D eigenvalue weighted by Gasteiger charge is 2.24. The summed E-state index contributed by atoms with van der Waals surface area (Å²) in [6, 6.07) is 11.3. The van der Waals surface area contributed by atoms with Crippen LogP contribution in [-0.4, -0.2) is 35.0 Å². The van der Waals surface area contributed by atoms with Crippen molar-refractivity contribution in [1.29, 1.82) is 0 Å². The molecular weight excluding hydrogens is 432 g/mol. The maximum atomic E-state index is 12.3. The third kappa shape index (κ3) is 5.69. The fourth-order valence-corrected chi connectivity index (χ4v) is 3.92. The number of carbonyl (C=O) groups is 1. The number of rotatable bonds is 6. The highest BCUT2D eigenvalue weighted by molar-refractivity contribution is 9.10. The summed E-state index contributed by atoms with van der Waals surface area (Å²) in [6.45, 7) is 2.63. The Morgan fingerprint density at radius 2 is 2.00 bits per heavy atom. The van der Waals surface area contributed by atoms with Gasteiger partial charge in [0.25, 0.3) is 0 Å². The summed E-state index contributed by atoms with van der Waals surface area (Å²) in [5.74, 6) is -0.151. The van der Waals surface area contributed by atoms with E-state index in [9.17, 15) is 14.9 Å². The second kappa shape index (κ2) is 9.20. The maximum Gasteiger partial charge on any atom is 0.324 e. The van der Waals surface area contributed by atoms with Gasteiger partial charge in [-0.1, -0.05) is 39.4 Å². The van der Waals surface area contributed by atoms with Crippen molar-refractivity contribution in [1.82, 2.24) is 10.3 Å². The topological polar surface area (TPSA) is 87.8 Å². The molecule has 0 spiro atoms. The van der Waals surface area contributed by atoms with Gasteiger partial charge in [-0.25, -0.2) is 5.43 Å². The predicted molar refractivity (Wildman–Crippen MR) is 109 cm³/mol. The molecule has 0 radical (unpaired) electrons. The quantitative estimate of drug-likeness (QED) is 0.411. The van der Waals surface area contributed by atoms with E-state index >= 15 is 0 Å². The Morgan fingerprint density at radius 1 is 1.30 bits per heavy atom. The average Bonchev–Trinajstić information content (AvgIpc) is 3.13. The van der Waals surface area contributed by atoms with Crippen LogP contribution in [0.4, 0.5) is 5.00 Å². The molecule has 0 unspecified atom stereocenters. The Morgan fingerprint density at radius 3 is 2.63 bits per heavy atom. The number of nitrogens with zero attached hydrogens (tertiary/aromatic N) is 3. The molecule has 2 heterocycles. The van der Waals surface area contributed by atoms with Gasteiger partial charge in [-0.05, 0) is 49.7 Å². The first-order chi connectivity index (χ1) is 13.0. The van der Waals surface area contributed by atoms with Gasteiger partial charge in [-0.15, -0.1) is 0 Å². The number of carbonyl (C=O) groups excluding carboxylic acids is 1. The van der Waals surface area contributed by atoms with Crippen molar-refractivity contribution in [2.45, 2.75) is 19.4 Å². The lowest BCUT2D eigenvalue weighted by Crippen LogP contribution is -2.39. The van der Waals surface area contributed by atoms with Gasteiger partial charge < -0.3 is 0 Å². The summed E-state index contributed by atoms with van der Waals surface area (Å²) in [4.78, 5) is 25.4. The molecule has 0 saturated carbocycles. The minimum absolute atomic E-state index is 0.0546. The molecule has 2 aromatic rings. The highest BCUT2D eigenvalue weighted by atomic mass is 79.9. The zero-order valence-corrected chi connectivity index (χ0v) is 16.9. The van der Waals surface area contributed by atoms with E-state index in [-0.39, 0.29) is 16.8 Å². The van der Waals surface area contributed by atoms with Crippen LogP contribution in [0.15, 0.2) is 46.0 Å². The van der Waals surface area contributed by atoms with Crippen LogP contribution in [0.1, 0.15) is 23.3 Å². The van der Waals surface area contributed by atoms with E-state index in [1.807, 2.05) is 12.1 Å². The molecule has 7 nitrogen and oxygen atoms in total. The lowest BCUT2D eigenvalue weighted by molar-refractivity contribution is -0.380. The molecule has 1 saturated heterocycles. The average molecular weight is 451 g/mol. The van der Waals surface area contributed by atoms with Gasteiger partial charge in [-0.2, -0.15) is 5.10 Å². The van der Waals surface area contributed by atoms with Gasteiger partial charge in [0.2, 0.25) is 5.91 Å². The van der Waals surface area contributed by atoms with Crippen molar-refractivity contribution >= 4 is 44.4 Å². The first kappa shape index (κ1) is 19.7. The molecule has 3 rings (SSSR count). The fraction of sp³-hybridized carbons (Fsp3) is 0.333. The van der Waals surface area contributed by atoms with E-state index in [1.165, 1.54) is 17.8 Å². The molecule has 1 fully saturated rings. The highest BCUT2D eigenvalue weighted by Crippen LogP contribution is 2.22.